The van der Waals surface area contributed by atoms with Crippen LogP contribution < -0.4 is 16.8 Å². The van der Waals surface area contributed by atoms with Gasteiger partial charge < -0.3 is 16.8 Å². The van der Waals surface area contributed by atoms with Crippen molar-refractivity contribution in [2.75, 3.05) is 5.32 Å². The number of nitrogens with two attached hydrogens (primary N) is 2. The second-order valence-corrected chi connectivity index (χ2v) is 7.33. The van der Waals surface area contributed by atoms with E-state index in [2.05, 4.69) is 25.4 Å². The van der Waals surface area contributed by atoms with Crippen LogP contribution in [0.4, 0.5) is 17.5 Å². The van der Waals surface area contributed by atoms with Gasteiger partial charge in [0.1, 0.15) is 11.4 Å². The number of primary amides is 1. The van der Waals surface area contributed by atoms with Gasteiger partial charge in [-0.2, -0.15) is 10.1 Å². The molecular formula is C21H24N8O. The monoisotopic (exact) mass is 404 g/mol. The first-order chi connectivity index (χ1) is 14.5. The number of benzene rings is 1. The lowest BCUT2D eigenvalue weighted by Crippen LogP contribution is -2.33. The van der Waals surface area contributed by atoms with E-state index in [0.717, 1.165) is 48.3 Å². The first kappa shape index (κ1) is 19.7. The van der Waals surface area contributed by atoms with Crippen molar-refractivity contribution in [3.63, 3.8) is 0 Å². The van der Waals surface area contributed by atoms with Crippen molar-refractivity contribution in [3.8, 4) is 11.3 Å². The predicted molar refractivity (Wildman–Crippen MR) is 116 cm³/mol. The summed E-state index contributed by atoms with van der Waals surface area (Å²) in [6, 6.07) is 9.52. The van der Waals surface area contributed by atoms with Crippen LogP contribution in [0.2, 0.25) is 0 Å². The molecule has 0 spiro atoms. The van der Waals surface area contributed by atoms with Gasteiger partial charge in [0, 0.05) is 42.4 Å². The third-order valence-electron chi connectivity index (χ3n) is 5.05. The van der Waals surface area contributed by atoms with E-state index in [-0.39, 0.29) is 17.6 Å². The molecule has 4 rings (SSSR count). The van der Waals surface area contributed by atoms with E-state index in [1.807, 2.05) is 43.6 Å². The number of carbonyl (C=O) groups is 1. The molecule has 0 unspecified atom stereocenters. The molecule has 154 valence electrons. The Bertz CT molecular complexity index is 1100. The number of hydrogen-bond donors (Lipinski definition) is 3. The molecular weight excluding hydrogens is 380 g/mol. The highest BCUT2D eigenvalue weighted by Gasteiger charge is 2.18. The minimum absolute atomic E-state index is 0.0790. The summed E-state index contributed by atoms with van der Waals surface area (Å²) in [6.07, 6.45) is 7.17. The van der Waals surface area contributed by atoms with Crippen LogP contribution in [0, 0.1) is 0 Å². The zero-order valence-corrected chi connectivity index (χ0v) is 16.7. The lowest BCUT2D eigenvalue weighted by molar-refractivity contribution is 0.100. The smallest absolute Gasteiger partial charge is 0.254 e. The minimum atomic E-state index is -0.619. The topological polar surface area (TPSA) is 137 Å². The highest BCUT2D eigenvalue weighted by atomic mass is 16.1. The molecule has 30 heavy (non-hydrogen) atoms. The largest absolute Gasteiger partial charge is 0.365 e. The van der Waals surface area contributed by atoms with E-state index in [1.165, 1.54) is 6.20 Å². The molecule has 1 atom stereocenters. The maximum Gasteiger partial charge on any atom is 0.254 e. The maximum atomic E-state index is 11.9. The van der Waals surface area contributed by atoms with E-state index in [4.69, 9.17) is 11.5 Å². The first-order valence-electron chi connectivity index (χ1n) is 9.86. The molecule has 1 fully saturated rings. The molecule has 1 saturated carbocycles. The molecule has 2 aromatic heterocycles. The van der Waals surface area contributed by atoms with Crippen LogP contribution in [-0.2, 0) is 7.05 Å². The summed E-state index contributed by atoms with van der Waals surface area (Å²) >= 11 is 0. The molecule has 1 aliphatic carbocycles. The number of aliphatic imine (C=N–C) groups is 1. The molecule has 2 heterocycles. The molecule has 0 bridgehead atoms. The molecule has 0 aliphatic heterocycles. The van der Waals surface area contributed by atoms with Crippen LogP contribution in [0.15, 0.2) is 47.7 Å². The molecule has 1 aromatic carbocycles. The average molecular weight is 404 g/mol. The van der Waals surface area contributed by atoms with Gasteiger partial charge in [-0.25, -0.2) is 9.98 Å². The van der Waals surface area contributed by atoms with Gasteiger partial charge in [-0.3, -0.25) is 9.48 Å². The highest BCUT2D eigenvalue weighted by Crippen LogP contribution is 2.26. The Morgan fingerprint density at radius 3 is 2.90 bits per heavy atom. The van der Waals surface area contributed by atoms with Gasteiger partial charge in [0.25, 0.3) is 11.9 Å². The summed E-state index contributed by atoms with van der Waals surface area (Å²) in [4.78, 5) is 25.1. The Morgan fingerprint density at radius 2 is 2.17 bits per heavy atom. The molecule has 1 aliphatic rings. The summed E-state index contributed by atoms with van der Waals surface area (Å²) in [5, 5.41) is 7.59. The highest BCUT2D eigenvalue weighted by molar-refractivity contribution is 5.98. The van der Waals surface area contributed by atoms with Crippen molar-refractivity contribution in [2.45, 2.75) is 31.7 Å². The number of anilines is 2. The molecule has 3 aromatic rings. The van der Waals surface area contributed by atoms with Crippen LogP contribution in [0.25, 0.3) is 11.3 Å². The predicted octanol–water partition coefficient (Wildman–Crippen LogP) is 2.69. The number of amides is 1. The van der Waals surface area contributed by atoms with Gasteiger partial charge in [-0.15, -0.1) is 0 Å². The van der Waals surface area contributed by atoms with E-state index in [9.17, 15) is 4.79 Å². The third-order valence-corrected chi connectivity index (χ3v) is 5.05. The normalized spacial score (nSPS) is 17.8. The van der Waals surface area contributed by atoms with E-state index < -0.39 is 5.91 Å². The van der Waals surface area contributed by atoms with Crippen molar-refractivity contribution in [3.05, 3.63) is 48.3 Å². The zero-order valence-electron chi connectivity index (χ0n) is 16.7. The quantitative estimate of drug-likeness (QED) is 0.598. The summed E-state index contributed by atoms with van der Waals surface area (Å²) in [7, 11) is 1.87. The van der Waals surface area contributed by atoms with Gasteiger partial charge in [-0.1, -0.05) is 18.6 Å². The Hall–Kier alpha value is -3.59. The first-order valence-corrected chi connectivity index (χ1v) is 9.86. The van der Waals surface area contributed by atoms with Gasteiger partial charge in [0.2, 0.25) is 0 Å². The second kappa shape index (κ2) is 8.42. The Labute approximate surface area is 174 Å². The van der Waals surface area contributed by atoms with Gasteiger partial charge in [0.15, 0.2) is 0 Å². The fourth-order valence-electron chi connectivity index (χ4n) is 3.45. The van der Waals surface area contributed by atoms with Crippen molar-refractivity contribution < 1.29 is 4.79 Å². The van der Waals surface area contributed by atoms with Crippen LogP contribution in [-0.4, -0.2) is 37.4 Å². The van der Waals surface area contributed by atoms with Crippen LogP contribution >= 0.6 is 0 Å². The Morgan fingerprint density at radius 1 is 1.30 bits per heavy atom. The van der Waals surface area contributed by atoms with Crippen LogP contribution in [0.3, 0.4) is 0 Å². The second-order valence-electron chi connectivity index (χ2n) is 7.33. The fraction of sp³-hybridized carbons (Fsp3) is 0.286. The maximum absolute atomic E-state index is 11.9. The van der Waals surface area contributed by atoms with Crippen molar-refractivity contribution in [1.82, 2.24) is 19.7 Å². The van der Waals surface area contributed by atoms with Gasteiger partial charge in [0.05, 0.1) is 5.69 Å². The van der Waals surface area contributed by atoms with Crippen molar-refractivity contribution >= 4 is 29.1 Å². The number of carbonyl (C=O) groups excluding carboxylic acids is 1. The summed E-state index contributed by atoms with van der Waals surface area (Å²) in [5.41, 5.74) is 15.3. The number of hydrogen-bond acceptors (Lipinski definition) is 7. The standard InChI is InChI=1S/C21H24N8O/c1-29-10-9-17(28-29)13-5-4-6-14(11-13)25-20-15(19(23)30)12-24-21(27-20)26-18-8-3-2-7-16(18)22/h4-6,9-12,16H,2-3,7-8,22H2,1H3,(H2,23,30)(H,24,25,27)/b26-18+/t16-/m0/s1. The zero-order chi connectivity index (χ0) is 21.1. The summed E-state index contributed by atoms with van der Waals surface area (Å²) < 4.78 is 1.74. The van der Waals surface area contributed by atoms with Crippen LogP contribution in [0.1, 0.15) is 36.0 Å². The van der Waals surface area contributed by atoms with Crippen molar-refractivity contribution in [2.24, 2.45) is 23.5 Å². The number of aromatic nitrogens is 4. The molecule has 5 N–H and O–H groups in total. The molecule has 0 radical (unpaired) electrons. The Kier molecular flexibility index (Phi) is 5.53. The lowest BCUT2D eigenvalue weighted by atomic mass is 9.94. The summed E-state index contributed by atoms with van der Waals surface area (Å²) in [5.74, 6) is -0.0536. The molecule has 9 heteroatoms. The number of nitrogens with one attached hydrogen (secondary N) is 1. The fourth-order valence-corrected chi connectivity index (χ4v) is 3.45. The minimum Gasteiger partial charge on any atom is -0.365 e. The van der Waals surface area contributed by atoms with Gasteiger partial charge >= 0.3 is 0 Å². The number of rotatable bonds is 5. The number of nitrogens with zero attached hydrogens (tertiary/aromatic N) is 5. The third kappa shape index (κ3) is 4.36. The molecule has 1 amide bonds. The van der Waals surface area contributed by atoms with E-state index in [1.54, 1.807) is 4.68 Å². The molecule has 9 nitrogen and oxygen atoms in total. The van der Waals surface area contributed by atoms with Crippen LogP contribution in [0.5, 0.6) is 0 Å². The average Bonchev–Trinajstić information content (AvgIpc) is 3.16. The SMILES string of the molecule is Cn1ccc(-c2cccc(Nc3nc(/N=C4\CCCC[C@@H]4N)ncc3C(N)=O)c2)n1. The number of aryl methyl sites for hydroxylation is 1. The van der Waals surface area contributed by atoms with E-state index >= 15 is 0 Å². The van der Waals surface area contributed by atoms with Crippen molar-refractivity contribution in [1.29, 1.82) is 0 Å². The molecule has 0 saturated heterocycles. The Balaban J connectivity index is 1.66. The van der Waals surface area contributed by atoms with Gasteiger partial charge in [-0.05, 0) is 37.5 Å². The van der Waals surface area contributed by atoms with E-state index in [0.29, 0.717) is 5.82 Å². The summed E-state index contributed by atoms with van der Waals surface area (Å²) in [6.45, 7) is 0. The lowest BCUT2D eigenvalue weighted by Gasteiger charge is -2.19.